The molecule has 0 radical (unpaired) electrons. The fraction of sp³-hybridized carbons (Fsp3) is 0.714. The number of carbonyl (C=O) groups excluding carboxylic acids is 2. The maximum Gasteiger partial charge on any atom is 0.355 e. The number of epoxide rings is 1. The number of hydrogen-bond donors (Lipinski definition) is 3. The van der Waals surface area contributed by atoms with E-state index in [1.54, 1.807) is 25.3 Å². The van der Waals surface area contributed by atoms with Gasteiger partial charge in [-0.15, -0.1) is 0 Å². The fourth-order valence-electron chi connectivity index (χ4n) is 9.02. The van der Waals surface area contributed by atoms with Crippen molar-refractivity contribution >= 4 is 11.9 Å². The van der Waals surface area contributed by atoms with Gasteiger partial charge in [0.25, 0.3) is 0 Å². The first-order chi connectivity index (χ1) is 18.1. The molecule has 4 bridgehead atoms. The smallest absolute Gasteiger partial charge is 0.355 e. The number of aliphatic hydroxyl groups is 2. The second-order valence-corrected chi connectivity index (χ2v) is 12.1. The van der Waals surface area contributed by atoms with Gasteiger partial charge in [-0.3, -0.25) is 0 Å². The molecular weight excluding hydrogens is 494 g/mol. The number of aromatic amines is 1. The Bertz CT molecular complexity index is 1210. The summed E-state index contributed by atoms with van der Waals surface area (Å²) in [6.07, 6.45) is -1.94. The Balaban J connectivity index is 1.36. The van der Waals surface area contributed by atoms with Gasteiger partial charge >= 0.3 is 11.9 Å². The molecular formula is C28H35NO9. The lowest BCUT2D eigenvalue weighted by atomic mass is 9.50. The van der Waals surface area contributed by atoms with Crippen molar-refractivity contribution in [1.82, 2.24) is 4.98 Å². The fourth-order valence-corrected chi connectivity index (χ4v) is 9.02. The van der Waals surface area contributed by atoms with Crippen LogP contribution in [-0.4, -0.2) is 88.2 Å². The number of carbonyl (C=O) groups is 2. The van der Waals surface area contributed by atoms with Crippen molar-refractivity contribution in [1.29, 1.82) is 0 Å². The van der Waals surface area contributed by atoms with E-state index in [-0.39, 0.29) is 48.2 Å². The lowest BCUT2D eigenvalue weighted by molar-refractivity contribution is -0.201. The number of cyclic esters (lactones) is 1. The van der Waals surface area contributed by atoms with Gasteiger partial charge in [-0.2, -0.15) is 0 Å². The number of hydrogen-bond acceptors (Lipinski definition) is 9. The molecule has 14 atom stereocenters. The predicted octanol–water partition coefficient (Wildman–Crippen LogP) is 1.37. The van der Waals surface area contributed by atoms with Crippen LogP contribution in [0, 0.1) is 29.6 Å². The SMILES string of the molecule is CO[C@]12C[C@H]3[C@@H]4O[C@@H]4[C@H]4[C@H]5O[C@]3(C(C)=C1[C@@H](C)[C@@H]([C@@H](C)O)OC2=O)[C@@H]4[C@H](O)[C@@H](C)[C@H]5OC(=O)c1ccc[nH]1. The first-order valence-electron chi connectivity index (χ1n) is 13.6. The van der Waals surface area contributed by atoms with Crippen molar-refractivity contribution in [3.05, 3.63) is 35.2 Å². The third-order valence-corrected chi connectivity index (χ3v) is 10.6. The van der Waals surface area contributed by atoms with Gasteiger partial charge < -0.3 is 38.9 Å². The summed E-state index contributed by atoms with van der Waals surface area (Å²) in [6.45, 7) is 7.40. The van der Waals surface area contributed by atoms with Gasteiger partial charge in [0, 0.05) is 42.9 Å². The summed E-state index contributed by atoms with van der Waals surface area (Å²) in [5.74, 6) is -2.43. The number of rotatable bonds is 4. The van der Waals surface area contributed by atoms with Crippen LogP contribution in [0.5, 0.6) is 0 Å². The zero-order chi connectivity index (χ0) is 26.9. The molecule has 6 aliphatic rings. The summed E-state index contributed by atoms with van der Waals surface area (Å²) in [6, 6.07) is 3.38. The Hall–Kier alpha value is -2.24. The highest BCUT2D eigenvalue weighted by Crippen LogP contribution is 2.71. The molecule has 206 valence electrons. The van der Waals surface area contributed by atoms with Crippen molar-refractivity contribution in [2.45, 2.75) is 88.0 Å². The lowest BCUT2D eigenvalue weighted by Crippen LogP contribution is -2.67. The summed E-state index contributed by atoms with van der Waals surface area (Å²) in [5, 5.41) is 22.3. The number of fused-ring (bicyclic) bond motifs is 3. The molecule has 38 heavy (non-hydrogen) atoms. The number of esters is 2. The molecule has 3 aliphatic heterocycles. The first kappa shape index (κ1) is 24.8. The molecule has 0 unspecified atom stereocenters. The number of nitrogens with one attached hydrogen (secondary N) is 1. The van der Waals surface area contributed by atoms with E-state index in [0.717, 1.165) is 11.1 Å². The average molecular weight is 530 g/mol. The second kappa shape index (κ2) is 7.91. The maximum absolute atomic E-state index is 13.5. The van der Waals surface area contributed by atoms with Crippen molar-refractivity contribution < 1.29 is 43.5 Å². The molecule has 4 heterocycles. The molecule has 2 saturated carbocycles. The summed E-state index contributed by atoms with van der Waals surface area (Å²) in [7, 11) is 1.51. The molecule has 7 rings (SSSR count). The van der Waals surface area contributed by atoms with Crippen molar-refractivity contribution in [3.63, 3.8) is 0 Å². The Labute approximate surface area is 220 Å². The van der Waals surface area contributed by atoms with Crippen LogP contribution < -0.4 is 0 Å². The van der Waals surface area contributed by atoms with Gasteiger partial charge in [-0.05, 0) is 43.5 Å². The number of aliphatic hydroxyl groups excluding tert-OH is 2. The summed E-state index contributed by atoms with van der Waals surface area (Å²) >= 11 is 0. The summed E-state index contributed by atoms with van der Waals surface area (Å²) in [4.78, 5) is 29.4. The standard InChI is InChI=1S/C28H35NO9/c1-10-17-12(3)28-14(9-27(17,34-5)26(33)37-20(10)13(4)30)22-23(35-22)16-18(28)19(31)11(2)21(24(16)38-28)36-25(32)15-7-6-8-29-15/h6-8,10-11,13-14,16,18-24,29-31H,9H2,1-5H3/t10-,11-,13-,14+,16+,18+,19-,20+,21-,22+,23-,24-,27-,28+/m1/s1. The summed E-state index contributed by atoms with van der Waals surface area (Å²) in [5.41, 5.74) is -0.306. The Morgan fingerprint density at radius 2 is 2.03 bits per heavy atom. The van der Waals surface area contributed by atoms with Gasteiger partial charge in [-0.1, -0.05) is 13.8 Å². The Morgan fingerprint density at radius 1 is 1.26 bits per heavy atom. The van der Waals surface area contributed by atoms with E-state index >= 15 is 0 Å². The topological polar surface area (TPSA) is 140 Å². The van der Waals surface area contributed by atoms with E-state index in [9.17, 15) is 19.8 Å². The van der Waals surface area contributed by atoms with Crippen molar-refractivity contribution in [3.8, 4) is 0 Å². The second-order valence-electron chi connectivity index (χ2n) is 12.1. The molecule has 5 fully saturated rings. The van der Waals surface area contributed by atoms with E-state index in [4.69, 9.17) is 23.7 Å². The third-order valence-electron chi connectivity index (χ3n) is 10.6. The quantitative estimate of drug-likeness (QED) is 0.300. The van der Waals surface area contributed by atoms with Crippen LogP contribution in [0.3, 0.4) is 0 Å². The molecule has 0 amide bonds. The summed E-state index contributed by atoms with van der Waals surface area (Å²) < 4.78 is 31.1. The minimum absolute atomic E-state index is 0.159. The van der Waals surface area contributed by atoms with Crippen LogP contribution in [0.4, 0.5) is 0 Å². The minimum atomic E-state index is -1.32. The van der Waals surface area contributed by atoms with Gasteiger partial charge in [0.15, 0.2) is 5.60 Å². The van der Waals surface area contributed by atoms with Gasteiger partial charge in [0.1, 0.15) is 29.6 Å². The highest BCUT2D eigenvalue weighted by molar-refractivity contribution is 5.88. The molecule has 1 spiro atoms. The van der Waals surface area contributed by atoms with Crippen LogP contribution in [0.25, 0.3) is 0 Å². The van der Waals surface area contributed by atoms with Gasteiger partial charge in [0.05, 0.1) is 24.4 Å². The molecule has 3 aliphatic carbocycles. The highest BCUT2D eigenvalue weighted by atomic mass is 16.6. The molecule has 1 aromatic rings. The van der Waals surface area contributed by atoms with Crippen LogP contribution in [0.2, 0.25) is 0 Å². The third kappa shape index (κ3) is 2.80. The van der Waals surface area contributed by atoms with E-state index < -0.39 is 53.7 Å². The molecule has 3 N–H and O–H groups in total. The minimum Gasteiger partial charge on any atom is -0.457 e. The predicted molar refractivity (Wildman–Crippen MR) is 130 cm³/mol. The highest BCUT2D eigenvalue weighted by Gasteiger charge is 2.81. The van der Waals surface area contributed by atoms with Crippen molar-refractivity contribution in [2.24, 2.45) is 29.6 Å². The van der Waals surface area contributed by atoms with E-state index in [1.165, 1.54) is 7.11 Å². The van der Waals surface area contributed by atoms with E-state index in [0.29, 0.717) is 5.69 Å². The van der Waals surface area contributed by atoms with Crippen LogP contribution in [-0.2, 0) is 28.5 Å². The molecule has 10 heteroatoms. The molecule has 1 aromatic heterocycles. The number of H-pyrrole nitrogens is 1. The van der Waals surface area contributed by atoms with Crippen LogP contribution >= 0.6 is 0 Å². The largest absolute Gasteiger partial charge is 0.457 e. The van der Waals surface area contributed by atoms with Crippen molar-refractivity contribution in [2.75, 3.05) is 7.11 Å². The maximum atomic E-state index is 13.5. The normalized spacial score (nSPS) is 50.9. The lowest BCUT2D eigenvalue weighted by Gasteiger charge is -2.57. The van der Waals surface area contributed by atoms with Crippen LogP contribution in [0.15, 0.2) is 29.5 Å². The molecule has 10 nitrogen and oxygen atoms in total. The zero-order valence-corrected chi connectivity index (χ0v) is 22.1. The average Bonchev–Trinajstić information content (AvgIpc) is 3.38. The van der Waals surface area contributed by atoms with Gasteiger partial charge in [0.2, 0.25) is 0 Å². The van der Waals surface area contributed by atoms with Crippen LogP contribution in [0.1, 0.15) is 44.6 Å². The van der Waals surface area contributed by atoms with E-state index in [2.05, 4.69) is 4.98 Å². The van der Waals surface area contributed by atoms with E-state index in [1.807, 2.05) is 20.8 Å². The zero-order valence-electron chi connectivity index (χ0n) is 22.1. The first-order valence-corrected chi connectivity index (χ1v) is 13.6. The number of methoxy groups -OCH3 is 1. The Morgan fingerprint density at radius 3 is 2.68 bits per heavy atom. The molecule has 3 saturated heterocycles. The van der Waals surface area contributed by atoms with Gasteiger partial charge in [-0.25, -0.2) is 9.59 Å². The number of aromatic nitrogens is 1. The Kier molecular flexibility index (Phi) is 5.16. The molecule has 0 aromatic carbocycles. The number of ether oxygens (including phenoxy) is 5. The monoisotopic (exact) mass is 529 g/mol.